The maximum atomic E-state index is 13.0. The number of β-amino-alcohol motifs (C(OH)–C–C–N with tert-alkyl or cyclic N) is 1. The van der Waals surface area contributed by atoms with Gasteiger partial charge in [0.1, 0.15) is 62.6 Å². The summed E-state index contributed by atoms with van der Waals surface area (Å²) in [5.41, 5.74) is 0.960. The topological polar surface area (TPSA) is 232 Å². The zero-order valence-corrected chi connectivity index (χ0v) is 39.0. The summed E-state index contributed by atoms with van der Waals surface area (Å²) >= 11 is 12.6. The van der Waals surface area contributed by atoms with Gasteiger partial charge in [-0.1, -0.05) is 61.3 Å². The molecule has 6 N–H and O–H groups in total. The molecule has 67 heavy (non-hydrogen) atoms. The van der Waals surface area contributed by atoms with Crippen LogP contribution in [0.5, 0.6) is 23.0 Å². The van der Waals surface area contributed by atoms with Gasteiger partial charge in [-0.15, -0.1) is 0 Å². The minimum atomic E-state index is -0.744. The molecule has 0 unspecified atom stereocenters. The van der Waals surface area contributed by atoms with Crippen molar-refractivity contribution in [3.05, 3.63) is 114 Å². The Kier molecular flexibility index (Phi) is 16.6. The van der Waals surface area contributed by atoms with Crippen LogP contribution in [0.25, 0.3) is 44.6 Å². The number of hydrogen-bond acceptors (Lipinski definition) is 14. The molecule has 0 aliphatic carbocycles. The van der Waals surface area contributed by atoms with E-state index in [0.29, 0.717) is 84.0 Å². The average molecular weight is 962 g/mol. The highest BCUT2D eigenvalue weighted by atomic mass is 35.5. The van der Waals surface area contributed by atoms with Crippen molar-refractivity contribution < 1.29 is 53.8 Å². The third kappa shape index (κ3) is 11.5. The molecule has 0 spiro atoms. The highest BCUT2D eigenvalue weighted by Gasteiger charge is 2.37. The molecule has 0 bridgehead atoms. The van der Waals surface area contributed by atoms with Crippen LogP contribution < -0.4 is 10.9 Å². The predicted molar refractivity (Wildman–Crippen MR) is 256 cm³/mol. The second-order valence-electron chi connectivity index (χ2n) is 16.8. The molecule has 4 heterocycles. The lowest BCUT2D eigenvalue weighted by molar-refractivity contribution is -0.152. The van der Waals surface area contributed by atoms with E-state index in [0.717, 1.165) is 25.1 Å². The number of phenols is 4. The average Bonchev–Trinajstić information content (AvgIpc) is 3.25. The molecule has 8 rings (SSSR count). The Hall–Kier alpha value is -6.10. The zero-order chi connectivity index (χ0) is 48.7. The number of carbonyl (C=O) groups excluding carboxylic acids is 1. The standard InChI is InChI=1S/C25H26ClNO6.C21H20ClNO5.C4H8O2/c1-3-6-22(31)32-21-13-27(2)10-9-15(21)23-17(28)11-18(29)24-19(30)12-20(33-25(23)24)14-7-4-5-8-16(14)26;1-23-7-6-12(17(27)10-23)19-14(24)8-15(25)20-16(26)9-18(28-21(19)20)11-4-2-3-5-13(11)22;1-2-3-4(5)6/h4-5,7-8,11-12,15,21,28-29H,3,6,9-10,13H2,1-2H3;2-5,8-9,12,17,24-25,27H,6-7,10H2,1H3;2-3H2,1H3,(H,5,6)/t15-,21+;12-,17+;/m00./s1. The van der Waals surface area contributed by atoms with E-state index < -0.39 is 40.9 Å². The number of halogens is 2. The number of nitrogens with zero attached hydrogens (tertiary/aromatic N) is 2. The molecule has 0 saturated carbocycles. The van der Waals surface area contributed by atoms with Crippen molar-refractivity contribution in [3.63, 3.8) is 0 Å². The number of aliphatic hydroxyl groups is 1. The summed E-state index contributed by atoms with van der Waals surface area (Å²) in [6.07, 6.45) is 1.83. The summed E-state index contributed by atoms with van der Waals surface area (Å²) < 4.78 is 17.9. The largest absolute Gasteiger partial charge is 0.507 e. The Balaban J connectivity index is 0.000000199. The van der Waals surface area contributed by atoms with Gasteiger partial charge in [0.05, 0.1) is 16.1 Å². The number of likely N-dealkylation sites (tertiary alicyclic amines) is 2. The number of likely N-dealkylation sites (N-methyl/N-ethyl adjacent to an activating group) is 2. The first-order chi connectivity index (χ1) is 31.9. The van der Waals surface area contributed by atoms with Crippen molar-refractivity contribution in [2.45, 2.75) is 76.4 Å². The Morgan fingerprint density at radius 2 is 1.12 bits per heavy atom. The number of piperidine rings is 2. The molecule has 2 aliphatic rings. The molecule has 15 nitrogen and oxygen atoms in total. The van der Waals surface area contributed by atoms with Crippen molar-refractivity contribution in [1.29, 1.82) is 0 Å². The summed E-state index contributed by atoms with van der Waals surface area (Å²) in [7, 11) is 3.84. The van der Waals surface area contributed by atoms with Gasteiger partial charge in [0.2, 0.25) is 0 Å². The van der Waals surface area contributed by atoms with Gasteiger partial charge in [-0.25, -0.2) is 0 Å². The monoisotopic (exact) mass is 960 g/mol. The zero-order valence-electron chi connectivity index (χ0n) is 37.5. The number of phenolic OH excluding ortho intramolecular Hbond substituents is 4. The van der Waals surface area contributed by atoms with E-state index in [1.54, 1.807) is 48.5 Å². The number of fused-ring (bicyclic) bond motifs is 2. The van der Waals surface area contributed by atoms with Crippen LogP contribution in [-0.4, -0.2) is 105 Å². The molecular formula is C50H54Cl2N2O13. The fraction of sp³-hybridized carbons (Fsp3) is 0.360. The summed E-state index contributed by atoms with van der Waals surface area (Å²) in [6, 6.07) is 18.7. The van der Waals surface area contributed by atoms with Gasteiger partial charge in [0.25, 0.3) is 0 Å². The Bertz CT molecular complexity index is 2880. The fourth-order valence-electron chi connectivity index (χ4n) is 8.54. The number of benzene rings is 4. The number of ether oxygens (including phenoxy) is 1. The lowest BCUT2D eigenvalue weighted by Gasteiger charge is -2.36. The molecule has 356 valence electrons. The van der Waals surface area contributed by atoms with Gasteiger partial charge >= 0.3 is 11.9 Å². The molecule has 2 aromatic heterocycles. The quantitative estimate of drug-likeness (QED) is 0.0744. The molecule has 17 heteroatoms. The third-order valence-corrected chi connectivity index (χ3v) is 12.4. The van der Waals surface area contributed by atoms with E-state index in [2.05, 4.69) is 0 Å². The highest BCUT2D eigenvalue weighted by molar-refractivity contribution is 6.33. The number of esters is 1. The maximum absolute atomic E-state index is 13.0. The molecule has 2 fully saturated rings. The first kappa shape index (κ1) is 50.3. The highest BCUT2D eigenvalue weighted by Crippen LogP contribution is 2.45. The van der Waals surface area contributed by atoms with Gasteiger partial charge < -0.3 is 54.0 Å². The molecule has 4 atom stereocenters. The van der Waals surface area contributed by atoms with Crippen LogP contribution in [0.4, 0.5) is 0 Å². The third-order valence-electron chi connectivity index (χ3n) is 11.8. The van der Waals surface area contributed by atoms with E-state index in [-0.39, 0.29) is 62.4 Å². The molecule has 2 saturated heterocycles. The number of carboxylic acid groups (broad SMARTS) is 1. The molecule has 0 radical (unpaired) electrons. The Morgan fingerprint density at radius 3 is 1.55 bits per heavy atom. The Morgan fingerprint density at radius 1 is 0.672 bits per heavy atom. The second kappa shape index (κ2) is 22.1. The summed E-state index contributed by atoms with van der Waals surface area (Å²) in [6.45, 7) is 6.06. The minimum absolute atomic E-state index is 0.0188. The number of hydrogen-bond donors (Lipinski definition) is 6. The van der Waals surface area contributed by atoms with Crippen LogP contribution in [-0.2, 0) is 14.3 Å². The summed E-state index contributed by atoms with van der Waals surface area (Å²) in [4.78, 5) is 51.7. The van der Waals surface area contributed by atoms with Crippen LogP contribution in [0.1, 0.15) is 75.3 Å². The van der Waals surface area contributed by atoms with Crippen LogP contribution in [0, 0.1) is 0 Å². The molecule has 2 aliphatic heterocycles. The van der Waals surface area contributed by atoms with E-state index in [1.807, 2.05) is 37.7 Å². The number of aromatic hydroxyl groups is 4. The summed E-state index contributed by atoms with van der Waals surface area (Å²) in [5, 5.41) is 61.4. The smallest absolute Gasteiger partial charge is 0.306 e. The predicted octanol–water partition coefficient (Wildman–Crippen LogP) is 8.83. The lowest BCUT2D eigenvalue weighted by atomic mass is 9.85. The molecule has 6 aromatic rings. The van der Waals surface area contributed by atoms with Gasteiger partial charge in [0.15, 0.2) is 10.9 Å². The number of aliphatic carboxylic acids is 1. The van der Waals surface area contributed by atoms with Crippen molar-refractivity contribution in [2.24, 2.45) is 0 Å². The first-order valence-corrected chi connectivity index (χ1v) is 22.7. The van der Waals surface area contributed by atoms with Crippen LogP contribution in [0.15, 0.2) is 91.2 Å². The van der Waals surface area contributed by atoms with Crippen molar-refractivity contribution >= 4 is 57.1 Å². The SMILES string of the molecule is CCCC(=O)O.CCCC(=O)O[C@@H]1CN(C)CC[C@@H]1c1c(O)cc(O)c2c(=O)cc(-c3ccccc3Cl)oc12.CN1CC[C@H](c2c(O)cc(O)c3c(=O)cc(-c4ccccc4Cl)oc23)[C@H](O)C1. The van der Waals surface area contributed by atoms with Gasteiger partial charge in [-0.2, -0.15) is 0 Å². The van der Waals surface area contributed by atoms with Crippen molar-refractivity contribution in [2.75, 3.05) is 40.3 Å². The normalized spacial score (nSPS) is 18.7. The number of carboxylic acids is 1. The van der Waals surface area contributed by atoms with E-state index >= 15 is 0 Å². The maximum Gasteiger partial charge on any atom is 0.306 e. The number of aliphatic hydroxyl groups excluding tert-OH is 1. The molecule has 4 aromatic carbocycles. The van der Waals surface area contributed by atoms with Crippen molar-refractivity contribution in [1.82, 2.24) is 9.80 Å². The van der Waals surface area contributed by atoms with Gasteiger partial charge in [-0.05, 0) is 77.1 Å². The van der Waals surface area contributed by atoms with Crippen molar-refractivity contribution in [3.8, 4) is 45.6 Å². The van der Waals surface area contributed by atoms with E-state index in [1.165, 1.54) is 12.1 Å². The van der Waals surface area contributed by atoms with E-state index in [9.17, 15) is 44.7 Å². The fourth-order valence-corrected chi connectivity index (χ4v) is 9.00. The van der Waals surface area contributed by atoms with Crippen LogP contribution in [0.2, 0.25) is 10.0 Å². The molecule has 0 amide bonds. The number of carbonyl (C=O) groups is 2. The van der Waals surface area contributed by atoms with Crippen LogP contribution >= 0.6 is 23.2 Å². The summed E-state index contributed by atoms with van der Waals surface area (Å²) in [5.74, 6) is -2.59. The van der Waals surface area contributed by atoms with Gasteiger partial charge in [-0.3, -0.25) is 19.2 Å². The van der Waals surface area contributed by atoms with E-state index in [4.69, 9.17) is 41.9 Å². The first-order valence-electron chi connectivity index (χ1n) is 21.9. The Labute approximate surface area is 396 Å². The second-order valence-corrected chi connectivity index (χ2v) is 17.6. The number of rotatable bonds is 9. The van der Waals surface area contributed by atoms with Gasteiger partial charge in [0, 0.05) is 84.3 Å². The van der Waals surface area contributed by atoms with Crippen LogP contribution in [0.3, 0.4) is 0 Å². The molecular weight excluding hydrogens is 907 g/mol. The lowest BCUT2D eigenvalue weighted by Crippen LogP contribution is -2.43. The minimum Gasteiger partial charge on any atom is -0.507 e.